The first-order chi connectivity index (χ1) is 17.3. The molecule has 0 unspecified atom stereocenters. The van der Waals surface area contributed by atoms with E-state index in [-0.39, 0.29) is 23.9 Å². The molecule has 0 amide bonds. The smallest absolute Gasteiger partial charge is 0.343 e. The maximum atomic E-state index is 13.1. The van der Waals surface area contributed by atoms with Gasteiger partial charge in [-0.2, -0.15) is 0 Å². The number of carbonyl (C=O) groups excluding carboxylic acids is 3. The summed E-state index contributed by atoms with van der Waals surface area (Å²) in [6, 6.07) is 17.1. The zero-order valence-electron chi connectivity index (χ0n) is 20.7. The molecule has 0 radical (unpaired) electrons. The van der Waals surface area contributed by atoms with E-state index in [1.54, 1.807) is 42.5 Å². The highest BCUT2D eigenvalue weighted by molar-refractivity contribution is 5.98. The van der Waals surface area contributed by atoms with Crippen LogP contribution in [0, 0.1) is 0 Å². The van der Waals surface area contributed by atoms with E-state index in [9.17, 15) is 14.4 Å². The minimum atomic E-state index is -0.582. The van der Waals surface area contributed by atoms with Gasteiger partial charge in [0.15, 0.2) is 5.78 Å². The Hall–Kier alpha value is -4.25. The lowest BCUT2D eigenvalue weighted by atomic mass is 9.97. The second-order valence-corrected chi connectivity index (χ2v) is 8.65. The Balaban J connectivity index is 1.81. The van der Waals surface area contributed by atoms with Crippen molar-refractivity contribution in [3.63, 3.8) is 0 Å². The molecule has 0 N–H and O–H groups in total. The van der Waals surface area contributed by atoms with Gasteiger partial charge in [0.1, 0.15) is 17.8 Å². The molecule has 5 heteroatoms. The van der Waals surface area contributed by atoms with Crippen molar-refractivity contribution in [3.05, 3.63) is 119 Å². The topological polar surface area (TPSA) is 69.7 Å². The van der Waals surface area contributed by atoms with E-state index in [4.69, 9.17) is 9.47 Å². The Morgan fingerprint density at radius 2 is 1.56 bits per heavy atom. The van der Waals surface area contributed by atoms with Crippen LogP contribution in [0.15, 0.2) is 86.0 Å². The fourth-order valence-electron chi connectivity index (χ4n) is 3.78. The predicted molar refractivity (Wildman–Crippen MR) is 141 cm³/mol. The van der Waals surface area contributed by atoms with E-state index in [0.717, 1.165) is 16.9 Å². The van der Waals surface area contributed by atoms with E-state index in [1.807, 2.05) is 38.1 Å². The van der Waals surface area contributed by atoms with Crippen LogP contribution in [0.3, 0.4) is 0 Å². The SMILES string of the molecule is C=CCc1cc(C(=O)Cc2ccc(OC(C)C)c(CC=C)c2)ccc1OC(=O)c1cccc(C=O)c1. The van der Waals surface area contributed by atoms with Gasteiger partial charge in [-0.3, -0.25) is 9.59 Å². The van der Waals surface area contributed by atoms with Crippen LogP contribution in [-0.2, 0) is 19.3 Å². The molecule has 0 saturated heterocycles. The molecule has 0 aliphatic carbocycles. The number of benzene rings is 3. The van der Waals surface area contributed by atoms with Gasteiger partial charge >= 0.3 is 5.97 Å². The summed E-state index contributed by atoms with van der Waals surface area (Å²) in [5.41, 5.74) is 3.70. The van der Waals surface area contributed by atoms with Crippen LogP contribution in [0.5, 0.6) is 11.5 Å². The van der Waals surface area contributed by atoms with Gasteiger partial charge in [0.2, 0.25) is 0 Å². The second kappa shape index (κ2) is 12.5. The molecular weight excluding hydrogens is 452 g/mol. The first-order valence-corrected chi connectivity index (χ1v) is 11.8. The highest BCUT2D eigenvalue weighted by Gasteiger charge is 2.16. The van der Waals surface area contributed by atoms with Crippen LogP contribution in [0.2, 0.25) is 0 Å². The van der Waals surface area contributed by atoms with Crippen LogP contribution >= 0.6 is 0 Å². The van der Waals surface area contributed by atoms with Crippen LogP contribution < -0.4 is 9.47 Å². The monoisotopic (exact) mass is 482 g/mol. The van der Waals surface area contributed by atoms with E-state index >= 15 is 0 Å². The number of rotatable bonds is 12. The van der Waals surface area contributed by atoms with Gasteiger partial charge in [0.25, 0.3) is 0 Å². The minimum Gasteiger partial charge on any atom is -0.491 e. The van der Waals surface area contributed by atoms with Crippen molar-refractivity contribution in [1.29, 1.82) is 0 Å². The molecule has 5 nitrogen and oxygen atoms in total. The Morgan fingerprint density at radius 1 is 0.861 bits per heavy atom. The normalized spacial score (nSPS) is 10.5. The lowest BCUT2D eigenvalue weighted by molar-refractivity contribution is 0.0733. The van der Waals surface area contributed by atoms with Gasteiger partial charge in [0, 0.05) is 17.5 Å². The fourth-order valence-corrected chi connectivity index (χ4v) is 3.78. The molecular formula is C31H30O5. The number of hydrogen-bond donors (Lipinski definition) is 0. The molecule has 0 atom stereocenters. The van der Waals surface area contributed by atoms with Gasteiger partial charge < -0.3 is 9.47 Å². The number of ketones is 1. The standard InChI is InChI=1S/C31H30O5/c1-5-8-25-16-22(12-14-29(25)35-21(3)4)18-28(33)24-13-15-30(26(19-24)9-6-2)36-31(34)27-11-7-10-23(17-27)20-32/h5-7,10-17,19-21H,1-2,8-9,18H2,3-4H3. The second-order valence-electron chi connectivity index (χ2n) is 8.65. The predicted octanol–water partition coefficient (Wildman–Crippen LogP) is 6.39. The van der Waals surface area contributed by atoms with Gasteiger partial charge in [-0.15, -0.1) is 13.2 Å². The van der Waals surface area contributed by atoms with E-state index < -0.39 is 5.97 Å². The zero-order valence-corrected chi connectivity index (χ0v) is 20.7. The molecule has 0 aliphatic heterocycles. The van der Waals surface area contributed by atoms with Crippen molar-refractivity contribution in [2.24, 2.45) is 0 Å². The van der Waals surface area contributed by atoms with E-state index in [0.29, 0.717) is 41.6 Å². The largest absolute Gasteiger partial charge is 0.491 e. The van der Waals surface area contributed by atoms with Crippen molar-refractivity contribution in [2.45, 2.75) is 39.2 Å². The molecule has 0 spiro atoms. The number of ether oxygens (including phenoxy) is 2. The van der Waals surface area contributed by atoms with Gasteiger partial charge in [-0.1, -0.05) is 36.4 Å². The highest BCUT2D eigenvalue weighted by Crippen LogP contribution is 2.26. The molecule has 3 aromatic carbocycles. The summed E-state index contributed by atoms with van der Waals surface area (Å²) in [5, 5.41) is 0. The third-order valence-electron chi connectivity index (χ3n) is 5.42. The van der Waals surface area contributed by atoms with E-state index in [1.165, 1.54) is 6.07 Å². The van der Waals surface area contributed by atoms with Crippen LogP contribution in [0.25, 0.3) is 0 Å². The molecule has 0 fully saturated rings. The Bertz CT molecular complexity index is 1290. The summed E-state index contributed by atoms with van der Waals surface area (Å²) in [4.78, 5) is 36.8. The summed E-state index contributed by atoms with van der Waals surface area (Å²) in [7, 11) is 0. The summed E-state index contributed by atoms with van der Waals surface area (Å²) in [5.74, 6) is 0.496. The molecule has 0 saturated carbocycles. The summed E-state index contributed by atoms with van der Waals surface area (Å²) >= 11 is 0. The number of hydrogen-bond acceptors (Lipinski definition) is 5. The first-order valence-electron chi connectivity index (χ1n) is 11.8. The minimum absolute atomic E-state index is 0.0471. The van der Waals surface area contributed by atoms with Crippen LogP contribution in [-0.4, -0.2) is 24.1 Å². The summed E-state index contributed by atoms with van der Waals surface area (Å²) in [6.07, 6.45) is 5.49. The number of aldehydes is 1. The lowest BCUT2D eigenvalue weighted by Gasteiger charge is -2.15. The van der Waals surface area contributed by atoms with Crippen molar-refractivity contribution >= 4 is 18.0 Å². The lowest BCUT2D eigenvalue weighted by Crippen LogP contribution is -2.11. The average molecular weight is 483 g/mol. The Morgan fingerprint density at radius 3 is 2.22 bits per heavy atom. The number of Topliss-reactive ketones (excluding diaryl/α,β-unsaturated/α-hetero) is 1. The summed E-state index contributed by atoms with van der Waals surface area (Å²) in [6.45, 7) is 11.5. The fraction of sp³-hybridized carbons (Fsp3) is 0.194. The number of carbonyl (C=O) groups is 3. The average Bonchev–Trinajstić information content (AvgIpc) is 2.86. The summed E-state index contributed by atoms with van der Waals surface area (Å²) < 4.78 is 11.5. The van der Waals surface area contributed by atoms with Crippen molar-refractivity contribution < 1.29 is 23.9 Å². The van der Waals surface area contributed by atoms with Crippen LogP contribution in [0.4, 0.5) is 0 Å². The zero-order chi connectivity index (χ0) is 26.1. The Labute approximate surface area is 212 Å². The number of esters is 1. The van der Waals surface area contributed by atoms with Gasteiger partial charge in [-0.25, -0.2) is 4.79 Å². The third-order valence-corrected chi connectivity index (χ3v) is 5.42. The quantitative estimate of drug-likeness (QED) is 0.0984. The first kappa shape index (κ1) is 26.4. The molecule has 36 heavy (non-hydrogen) atoms. The molecule has 184 valence electrons. The molecule has 0 heterocycles. The van der Waals surface area contributed by atoms with E-state index in [2.05, 4.69) is 13.2 Å². The van der Waals surface area contributed by atoms with Crippen molar-refractivity contribution in [3.8, 4) is 11.5 Å². The van der Waals surface area contributed by atoms with Gasteiger partial charge in [-0.05, 0) is 79.8 Å². The number of allylic oxidation sites excluding steroid dienone is 2. The van der Waals surface area contributed by atoms with Crippen LogP contribution in [0.1, 0.15) is 61.6 Å². The van der Waals surface area contributed by atoms with Crippen molar-refractivity contribution in [2.75, 3.05) is 0 Å². The highest BCUT2D eigenvalue weighted by atomic mass is 16.5. The molecule has 0 bridgehead atoms. The molecule has 3 rings (SSSR count). The molecule has 0 aliphatic rings. The van der Waals surface area contributed by atoms with Crippen molar-refractivity contribution in [1.82, 2.24) is 0 Å². The maximum absolute atomic E-state index is 13.1. The third kappa shape index (κ3) is 6.89. The van der Waals surface area contributed by atoms with Gasteiger partial charge in [0.05, 0.1) is 11.7 Å². The maximum Gasteiger partial charge on any atom is 0.343 e. The Kier molecular flexibility index (Phi) is 9.12. The molecule has 0 aromatic heterocycles. The molecule has 3 aromatic rings.